The first kappa shape index (κ1) is 10.7. The molecular weight excluding hydrogens is 309 g/mol. The standard InChI is InChI=1S/C8H5ClFIO2/c9-4-1-6(10)5(3-8(12)13)7(11)2-4/h1-2H,3H2,(H,12,13). The Hall–Kier alpha value is -0.360. The van der Waals surface area contributed by atoms with Crippen LogP contribution in [0.1, 0.15) is 5.56 Å². The van der Waals surface area contributed by atoms with Crippen LogP contribution in [0.2, 0.25) is 5.02 Å². The van der Waals surface area contributed by atoms with Gasteiger partial charge in [0.15, 0.2) is 0 Å². The van der Waals surface area contributed by atoms with Gasteiger partial charge >= 0.3 is 5.97 Å². The predicted octanol–water partition coefficient (Wildman–Crippen LogP) is 2.71. The lowest BCUT2D eigenvalue weighted by atomic mass is 10.1. The maximum absolute atomic E-state index is 13.1. The highest BCUT2D eigenvalue weighted by Gasteiger charge is 2.11. The monoisotopic (exact) mass is 314 g/mol. The first-order valence-electron chi connectivity index (χ1n) is 3.36. The lowest BCUT2D eigenvalue weighted by Gasteiger charge is -2.03. The zero-order valence-corrected chi connectivity index (χ0v) is 9.26. The van der Waals surface area contributed by atoms with Crippen LogP contribution < -0.4 is 0 Å². The van der Waals surface area contributed by atoms with Crippen LogP contribution in [-0.2, 0) is 11.2 Å². The summed E-state index contributed by atoms with van der Waals surface area (Å²) in [5, 5.41) is 8.76. The Kier molecular flexibility index (Phi) is 3.49. The van der Waals surface area contributed by atoms with Crippen LogP contribution in [0.15, 0.2) is 12.1 Å². The lowest BCUT2D eigenvalue weighted by molar-refractivity contribution is -0.136. The first-order chi connectivity index (χ1) is 6.00. The van der Waals surface area contributed by atoms with Gasteiger partial charge in [-0.25, -0.2) is 4.39 Å². The van der Waals surface area contributed by atoms with Crippen LogP contribution in [0.4, 0.5) is 4.39 Å². The number of halogens is 3. The van der Waals surface area contributed by atoms with Gasteiger partial charge in [-0.2, -0.15) is 0 Å². The minimum Gasteiger partial charge on any atom is -0.481 e. The van der Waals surface area contributed by atoms with E-state index in [0.29, 0.717) is 3.57 Å². The van der Waals surface area contributed by atoms with Crippen molar-refractivity contribution in [2.75, 3.05) is 0 Å². The SMILES string of the molecule is O=C(O)Cc1c(F)cc(Cl)cc1I. The average Bonchev–Trinajstić information content (AvgIpc) is 1.96. The lowest BCUT2D eigenvalue weighted by Crippen LogP contribution is -2.04. The summed E-state index contributed by atoms with van der Waals surface area (Å²) in [6.45, 7) is 0. The third-order valence-electron chi connectivity index (χ3n) is 1.43. The number of benzene rings is 1. The van der Waals surface area contributed by atoms with Crippen molar-refractivity contribution in [1.82, 2.24) is 0 Å². The van der Waals surface area contributed by atoms with Gasteiger partial charge in [-0.05, 0) is 34.7 Å². The normalized spacial score (nSPS) is 10.1. The van der Waals surface area contributed by atoms with E-state index in [-0.39, 0.29) is 17.0 Å². The molecule has 0 amide bonds. The molecule has 2 nitrogen and oxygen atoms in total. The maximum atomic E-state index is 13.1. The van der Waals surface area contributed by atoms with E-state index in [0.717, 1.165) is 6.07 Å². The second kappa shape index (κ2) is 4.23. The highest BCUT2D eigenvalue weighted by atomic mass is 127. The summed E-state index contributed by atoms with van der Waals surface area (Å²) in [6.07, 6.45) is -0.318. The number of carbonyl (C=O) groups is 1. The van der Waals surface area contributed by atoms with Crippen molar-refractivity contribution in [2.45, 2.75) is 6.42 Å². The number of carboxylic acid groups (broad SMARTS) is 1. The Morgan fingerprint density at radius 2 is 2.23 bits per heavy atom. The predicted molar refractivity (Wildman–Crippen MR) is 55.5 cm³/mol. The van der Waals surface area contributed by atoms with Gasteiger partial charge in [0.1, 0.15) is 5.82 Å². The van der Waals surface area contributed by atoms with Crippen LogP contribution in [0.3, 0.4) is 0 Å². The van der Waals surface area contributed by atoms with Gasteiger partial charge in [-0.15, -0.1) is 0 Å². The molecule has 0 fully saturated rings. The molecule has 0 aromatic heterocycles. The van der Waals surface area contributed by atoms with E-state index in [1.54, 1.807) is 0 Å². The minimum absolute atomic E-state index is 0.178. The van der Waals surface area contributed by atoms with Crippen LogP contribution >= 0.6 is 34.2 Å². The van der Waals surface area contributed by atoms with Crippen molar-refractivity contribution in [1.29, 1.82) is 0 Å². The van der Waals surface area contributed by atoms with Gasteiger partial charge in [0.25, 0.3) is 0 Å². The highest BCUT2D eigenvalue weighted by molar-refractivity contribution is 14.1. The molecule has 0 saturated heterocycles. The first-order valence-corrected chi connectivity index (χ1v) is 4.81. The zero-order valence-electron chi connectivity index (χ0n) is 6.35. The fourth-order valence-corrected chi connectivity index (χ4v) is 2.07. The smallest absolute Gasteiger partial charge is 0.307 e. The van der Waals surface area contributed by atoms with Crippen LogP contribution in [0, 0.1) is 9.39 Å². The molecule has 0 aliphatic rings. The van der Waals surface area contributed by atoms with E-state index in [1.807, 2.05) is 22.6 Å². The molecule has 70 valence electrons. The average molecular weight is 314 g/mol. The topological polar surface area (TPSA) is 37.3 Å². The molecule has 1 N–H and O–H groups in total. The van der Waals surface area contributed by atoms with Crippen LogP contribution in [0.5, 0.6) is 0 Å². The highest BCUT2D eigenvalue weighted by Crippen LogP contribution is 2.22. The fraction of sp³-hybridized carbons (Fsp3) is 0.125. The molecule has 0 unspecified atom stereocenters. The summed E-state index contributed by atoms with van der Waals surface area (Å²) in [4.78, 5) is 10.4. The fourth-order valence-electron chi connectivity index (χ4n) is 0.892. The number of rotatable bonds is 2. The number of carboxylic acids is 1. The van der Waals surface area contributed by atoms with E-state index in [9.17, 15) is 9.18 Å². The van der Waals surface area contributed by atoms with Crippen molar-refractivity contribution in [3.8, 4) is 0 Å². The molecule has 0 heterocycles. The second-order valence-corrected chi connectivity index (χ2v) is 4.02. The molecule has 1 aromatic carbocycles. The van der Waals surface area contributed by atoms with E-state index >= 15 is 0 Å². The third kappa shape index (κ3) is 2.80. The van der Waals surface area contributed by atoms with Crippen molar-refractivity contribution in [2.24, 2.45) is 0 Å². The molecule has 1 rings (SSSR count). The van der Waals surface area contributed by atoms with Crippen LogP contribution in [0.25, 0.3) is 0 Å². The number of hydrogen-bond acceptors (Lipinski definition) is 1. The van der Waals surface area contributed by atoms with Crippen molar-refractivity contribution < 1.29 is 14.3 Å². The molecule has 0 bridgehead atoms. The van der Waals surface area contributed by atoms with E-state index < -0.39 is 11.8 Å². The molecule has 1 aromatic rings. The van der Waals surface area contributed by atoms with Crippen molar-refractivity contribution in [3.63, 3.8) is 0 Å². The molecular formula is C8H5ClFIO2. The van der Waals surface area contributed by atoms with Crippen molar-refractivity contribution >= 4 is 40.2 Å². The summed E-state index contributed by atoms with van der Waals surface area (Å²) >= 11 is 7.42. The van der Waals surface area contributed by atoms with Gasteiger partial charge < -0.3 is 5.11 Å². The molecule has 0 atom stereocenters. The summed E-state index contributed by atoms with van der Waals surface area (Å²) in [7, 11) is 0. The largest absolute Gasteiger partial charge is 0.481 e. The molecule has 0 spiro atoms. The Morgan fingerprint density at radius 3 is 2.69 bits per heavy atom. The summed E-state index contributed by atoms with van der Waals surface area (Å²) in [6, 6.07) is 2.64. The Morgan fingerprint density at radius 1 is 1.62 bits per heavy atom. The maximum Gasteiger partial charge on any atom is 0.307 e. The van der Waals surface area contributed by atoms with Gasteiger partial charge in [0, 0.05) is 14.2 Å². The Balaban J connectivity index is 3.13. The molecule has 0 radical (unpaired) electrons. The third-order valence-corrected chi connectivity index (χ3v) is 2.61. The summed E-state index contributed by atoms with van der Waals surface area (Å²) in [5.74, 6) is -1.63. The van der Waals surface area contributed by atoms with E-state index in [1.165, 1.54) is 6.07 Å². The second-order valence-electron chi connectivity index (χ2n) is 2.42. The van der Waals surface area contributed by atoms with E-state index in [4.69, 9.17) is 16.7 Å². The molecule has 0 saturated carbocycles. The summed E-state index contributed by atoms with van der Waals surface area (Å²) in [5.41, 5.74) is 0.178. The Labute approximate surface area is 92.8 Å². The van der Waals surface area contributed by atoms with Crippen molar-refractivity contribution in [3.05, 3.63) is 32.1 Å². The molecule has 0 aliphatic carbocycles. The molecule has 13 heavy (non-hydrogen) atoms. The quantitative estimate of drug-likeness (QED) is 0.852. The van der Waals surface area contributed by atoms with Gasteiger partial charge in [0.2, 0.25) is 0 Å². The zero-order chi connectivity index (χ0) is 10.0. The molecule has 5 heteroatoms. The van der Waals surface area contributed by atoms with E-state index in [2.05, 4.69) is 0 Å². The summed E-state index contributed by atoms with van der Waals surface area (Å²) < 4.78 is 13.7. The van der Waals surface area contributed by atoms with Gasteiger partial charge in [-0.1, -0.05) is 11.6 Å². The minimum atomic E-state index is -1.06. The van der Waals surface area contributed by atoms with Gasteiger partial charge in [0.05, 0.1) is 6.42 Å². The number of aliphatic carboxylic acids is 1. The number of hydrogen-bond donors (Lipinski definition) is 1. The molecule has 0 aliphatic heterocycles. The Bertz CT molecular complexity index is 331. The van der Waals surface area contributed by atoms with Crippen LogP contribution in [-0.4, -0.2) is 11.1 Å². The van der Waals surface area contributed by atoms with Gasteiger partial charge in [-0.3, -0.25) is 4.79 Å².